The van der Waals surface area contributed by atoms with Gasteiger partial charge in [-0.3, -0.25) is 4.84 Å². The van der Waals surface area contributed by atoms with Gasteiger partial charge in [0.15, 0.2) is 5.79 Å². The van der Waals surface area contributed by atoms with E-state index in [2.05, 4.69) is 5.32 Å². The monoisotopic (exact) mass is 372 g/mol. The Morgan fingerprint density at radius 1 is 1.15 bits per heavy atom. The molecule has 2 aromatic carbocycles. The Morgan fingerprint density at radius 2 is 1.89 bits per heavy atom. The van der Waals surface area contributed by atoms with Gasteiger partial charge < -0.3 is 19.5 Å². The second-order valence-electron chi connectivity index (χ2n) is 6.05. The first-order chi connectivity index (χ1) is 13.1. The third kappa shape index (κ3) is 4.77. The standard InChI is InChI=1S/C20H24N2O5/c1-22(24-2)19(23)21-17-9-6-10-18(15-17)25-12-11-20(26-13-14-27-20)16-7-4-3-5-8-16/h3-10,15H,11-14H2,1-2H3,(H,21,23). The molecule has 0 aliphatic carbocycles. The number of urea groups is 1. The van der Waals surface area contributed by atoms with Crippen molar-refractivity contribution in [2.24, 2.45) is 0 Å². The first kappa shape index (κ1) is 19.2. The number of hydrogen-bond acceptors (Lipinski definition) is 5. The van der Waals surface area contributed by atoms with Crippen LogP contribution in [-0.4, -0.2) is 45.1 Å². The predicted molar refractivity (Wildman–Crippen MR) is 100 cm³/mol. The Hall–Kier alpha value is -2.61. The molecular weight excluding hydrogens is 348 g/mol. The minimum absolute atomic E-state index is 0.370. The summed E-state index contributed by atoms with van der Waals surface area (Å²) in [6.07, 6.45) is 0.556. The van der Waals surface area contributed by atoms with Crippen LogP contribution in [0.5, 0.6) is 5.75 Å². The Labute approximate surface area is 158 Å². The highest BCUT2D eigenvalue weighted by molar-refractivity contribution is 5.88. The number of anilines is 1. The van der Waals surface area contributed by atoms with Gasteiger partial charge in [-0.25, -0.2) is 9.86 Å². The second kappa shape index (κ2) is 8.85. The molecule has 1 heterocycles. The summed E-state index contributed by atoms with van der Waals surface area (Å²) >= 11 is 0. The van der Waals surface area contributed by atoms with E-state index in [1.54, 1.807) is 12.1 Å². The van der Waals surface area contributed by atoms with E-state index in [9.17, 15) is 4.79 Å². The van der Waals surface area contributed by atoms with Crippen molar-refractivity contribution < 1.29 is 23.8 Å². The lowest BCUT2D eigenvalue weighted by atomic mass is 10.0. The van der Waals surface area contributed by atoms with Crippen LogP contribution in [0.15, 0.2) is 54.6 Å². The Bertz CT molecular complexity index is 747. The van der Waals surface area contributed by atoms with Crippen LogP contribution in [0.1, 0.15) is 12.0 Å². The third-order valence-electron chi connectivity index (χ3n) is 4.31. The topological polar surface area (TPSA) is 69.3 Å². The molecule has 27 heavy (non-hydrogen) atoms. The molecule has 0 radical (unpaired) electrons. The van der Waals surface area contributed by atoms with Crippen LogP contribution in [-0.2, 0) is 20.1 Å². The van der Waals surface area contributed by atoms with Crippen LogP contribution in [0.3, 0.4) is 0 Å². The average molecular weight is 372 g/mol. The number of hydroxylamine groups is 2. The maximum atomic E-state index is 11.9. The minimum atomic E-state index is -0.770. The molecule has 0 saturated carbocycles. The van der Waals surface area contributed by atoms with E-state index in [1.165, 1.54) is 14.2 Å². The zero-order chi connectivity index (χ0) is 19.1. The summed E-state index contributed by atoms with van der Waals surface area (Å²) in [6, 6.07) is 16.7. The highest BCUT2D eigenvalue weighted by Gasteiger charge is 2.38. The summed E-state index contributed by atoms with van der Waals surface area (Å²) in [6.45, 7) is 1.52. The summed E-state index contributed by atoms with van der Waals surface area (Å²) in [5.41, 5.74) is 1.60. The number of nitrogens with one attached hydrogen (secondary N) is 1. The Morgan fingerprint density at radius 3 is 2.59 bits per heavy atom. The molecule has 2 aromatic rings. The zero-order valence-electron chi connectivity index (χ0n) is 15.5. The summed E-state index contributed by atoms with van der Waals surface area (Å²) in [7, 11) is 2.95. The van der Waals surface area contributed by atoms with E-state index >= 15 is 0 Å². The zero-order valence-corrected chi connectivity index (χ0v) is 15.5. The molecule has 1 aliphatic rings. The van der Waals surface area contributed by atoms with Crippen molar-refractivity contribution in [2.45, 2.75) is 12.2 Å². The van der Waals surface area contributed by atoms with Crippen molar-refractivity contribution in [3.05, 3.63) is 60.2 Å². The second-order valence-corrected chi connectivity index (χ2v) is 6.05. The number of hydrogen-bond donors (Lipinski definition) is 1. The third-order valence-corrected chi connectivity index (χ3v) is 4.31. The van der Waals surface area contributed by atoms with E-state index in [1.807, 2.05) is 42.5 Å². The van der Waals surface area contributed by atoms with Crippen LogP contribution in [0.4, 0.5) is 10.5 Å². The number of carbonyl (C=O) groups excluding carboxylic acids is 1. The van der Waals surface area contributed by atoms with E-state index in [0.717, 1.165) is 10.6 Å². The number of nitrogens with zero attached hydrogens (tertiary/aromatic N) is 1. The van der Waals surface area contributed by atoms with Crippen molar-refractivity contribution in [1.82, 2.24) is 5.06 Å². The number of rotatable bonds is 7. The predicted octanol–water partition coefficient (Wildman–Crippen LogP) is 3.38. The largest absolute Gasteiger partial charge is 0.493 e. The highest BCUT2D eigenvalue weighted by Crippen LogP contribution is 2.35. The fraction of sp³-hybridized carbons (Fsp3) is 0.350. The minimum Gasteiger partial charge on any atom is -0.493 e. The van der Waals surface area contributed by atoms with Gasteiger partial charge in [0.2, 0.25) is 0 Å². The van der Waals surface area contributed by atoms with Crippen molar-refractivity contribution in [3.8, 4) is 5.75 Å². The summed E-state index contributed by atoms with van der Waals surface area (Å²) in [5, 5.41) is 3.83. The molecule has 1 aliphatic heterocycles. The normalized spacial score (nSPS) is 15.3. The Balaban J connectivity index is 1.60. The van der Waals surface area contributed by atoms with Gasteiger partial charge in [-0.15, -0.1) is 0 Å². The molecular formula is C20H24N2O5. The molecule has 7 nitrogen and oxygen atoms in total. The molecule has 0 unspecified atom stereocenters. The van der Waals surface area contributed by atoms with Crippen molar-refractivity contribution in [2.75, 3.05) is 39.3 Å². The Kier molecular flexibility index (Phi) is 6.28. The SMILES string of the molecule is CON(C)C(=O)Nc1cccc(OCCC2(c3ccccc3)OCCO2)c1. The first-order valence-electron chi connectivity index (χ1n) is 8.78. The van der Waals surface area contributed by atoms with Crippen LogP contribution in [0.2, 0.25) is 0 Å². The summed E-state index contributed by atoms with van der Waals surface area (Å²) in [4.78, 5) is 16.7. The number of carbonyl (C=O) groups is 1. The van der Waals surface area contributed by atoms with Gasteiger partial charge in [-0.1, -0.05) is 36.4 Å². The van der Waals surface area contributed by atoms with Crippen LogP contribution in [0, 0.1) is 0 Å². The fourth-order valence-electron chi connectivity index (χ4n) is 2.85. The molecule has 3 rings (SSSR count). The van der Waals surface area contributed by atoms with Gasteiger partial charge in [0.05, 0.1) is 26.9 Å². The lowest BCUT2D eigenvalue weighted by Crippen LogP contribution is -2.30. The van der Waals surface area contributed by atoms with Gasteiger partial charge in [0, 0.05) is 30.8 Å². The van der Waals surface area contributed by atoms with Crippen molar-refractivity contribution >= 4 is 11.7 Å². The fourth-order valence-corrected chi connectivity index (χ4v) is 2.85. The van der Waals surface area contributed by atoms with Crippen LogP contribution >= 0.6 is 0 Å². The first-order valence-corrected chi connectivity index (χ1v) is 8.78. The smallest absolute Gasteiger partial charge is 0.345 e. The molecule has 1 N–H and O–H groups in total. The van der Waals surface area contributed by atoms with E-state index in [-0.39, 0.29) is 6.03 Å². The molecule has 1 saturated heterocycles. The number of amides is 2. The molecule has 144 valence electrons. The van der Waals surface area contributed by atoms with E-state index in [4.69, 9.17) is 19.0 Å². The van der Waals surface area contributed by atoms with E-state index < -0.39 is 5.79 Å². The quantitative estimate of drug-likeness (QED) is 0.755. The van der Waals surface area contributed by atoms with Crippen LogP contribution < -0.4 is 10.1 Å². The van der Waals surface area contributed by atoms with Gasteiger partial charge >= 0.3 is 6.03 Å². The van der Waals surface area contributed by atoms with Gasteiger partial charge in [-0.2, -0.15) is 0 Å². The van der Waals surface area contributed by atoms with Crippen molar-refractivity contribution in [3.63, 3.8) is 0 Å². The lowest BCUT2D eigenvalue weighted by Gasteiger charge is -2.27. The van der Waals surface area contributed by atoms with Crippen LogP contribution in [0.25, 0.3) is 0 Å². The molecule has 0 bridgehead atoms. The molecule has 7 heteroatoms. The number of ether oxygens (including phenoxy) is 3. The molecule has 0 spiro atoms. The summed E-state index contributed by atoms with van der Waals surface area (Å²) in [5.74, 6) is -0.122. The molecule has 0 atom stereocenters. The molecule has 1 fully saturated rings. The van der Waals surface area contributed by atoms with Gasteiger partial charge in [0.1, 0.15) is 5.75 Å². The maximum Gasteiger partial charge on any atom is 0.345 e. The molecule has 0 aromatic heterocycles. The van der Waals surface area contributed by atoms with Gasteiger partial charge in [-0.05, 0) is 12.1 Å². The average Bonchev–Trinajstić information content (AvgIpc) is 3.18. The number of benzene rings is 2. The van der Waals surface area contributed by atoms with Crippen molar-refractivity contribution in [1.29, 1.82) is 0 Å². The van der Waals surface area contributed by atoms with E-state index in [0.29, 0.717) is 37.7 Å². The summed E-state index contributed by atoms with van der Waals surface area (Å²) < 4.78 is 17.7. The highest BCUT2D eigenvalue weighted by atomic mass is 16.7. The molecule has 2 amide bonds. The lowest BCUT2D eigenvalue weighted by molar-refractivity contribution is -0.174. The maximum absolute atomic E-state index is 11.9. The van der Waals surface area contributed by atoms with Gasteiger partial charge in [0.25, 0.3) is 0 Å².